The smallest absolute Gasteiger partial charge is 0.410 e. The number of rotatable bonds is 5. The van der Waals surface area contributed by atoms with E-state index in [4.69, 9.17) is 14.2 Å². The summed E-state index contributed by atoms with van der Waals surface area (Å²) in [5.74, 6) is -0.109. The predicted molar refractivity (Wildman–Crippen MR) is 96.9 cm³/mol. The maximum absolute atomic E-state index is 12.6. The Labute approximate surface area is 157 Å². The molecule has 6 nitrogen and oxygen atoms in total. The molecule has 3 atom stereocenters. The van der Waals surface area contributed by atoms with Crippen LogP contribution < -0.4 is 0 Å². The van der Waals surface area contributed by atoms with Gasteiger partial charge in [-0.15, -0.1) is 0 Å². The molecular formula is C21H21NO5. The minimum Gasteiger partial charge on any atom is -0.445 e. The number of ether oxygens (including phenoxy) is 3. The van der Waals surface area contributed by atoms with Crippen LogP contribution in [-0.2, 0) is 32.2 Å². The van der Waals surface area contributed by atoms with E-state index in [9.17, 15) is 9.59 Å². The first-order chi connectivity index (χ1) is 13.2. The lowest BCUT2D eigenvalue weighted by atomic mass is 10.1. The van der Waals surface area contributed by atoms with Gasteiger partial charge in [0, 0.05) is 0 Å². The maximum atomic E-state index is 12.6. The van der Waals surface area contributed by atoms with Gasteiger partial charge in [0.05, 0.1) is 13.2 Å². The number of carbonyl (C=O) groups is 2. The summed E-state index contributed by atoms with van der Waals surface area (Å²) in [4.78, 5) is 26.2. The summed E-state index contributed by atoms with van der Waals surface area (Å²) in [6.07, 6.45) is -1.31. The Morgan fingerprint density at radius 2 is 1.63 bits per heavy atom. The van der Waals surface area contributed by atoms with Crippen LogP contribution in [0.25, 0.3) is 0 Å². The second kappa shape index (κ2) is 7.90. The van der Waals surface area contributed by atoms with E-state index in [1.54, 1.807) is 0 Å². The Morgan fingerprint density at radius 1 is 1.00 bits per heavy atom. The van der Waals surface area contributed by atoms with Crippen molar-refractivity contribution in [3.63, 3.8) is 0 Å². The van der Waals surface area contributed by atoms with Crippen molar-refractivity contribution < 1.29 is 23.8 Å². The van der Waals surface area contributed by atoms with Crippen LogP contribution >= 0.6 is 0 Å². The van der Waals surface area contributed by atoms with Crippen molar-refractivity contribution >= 4 is 11.9 Å². The molecule has 1 unspecified atom stereocenters. The van der Waals surface area contributed by atoms with E-state index in [1.165, 1.54) is 4.90 Å². The highest BCUT2D eigenvalue weighted by Crippen LogP contribution is 2.30. The van der Waals surface area contributed by atoms with Gasteiger partial charge < -0.3 is 14.2 Å². The number of nitrogens with zero attached hydrogens (tertiary/aromatic N) is 1. The zero-order valence-electron chi connectivity index (χ0n) is 14.8. The molecule has 0 radical (unpaired) electrons. The number of hydrogen-bond acceptors (Lipinski definition) is 5. The van der Waals surface area contributed by atoms with Crippen molar-refractivity contribution in [1.82, 2.24) is 4.90 Å². The molecule has 4 rings (SSSR count). The topological polar surface area (TPSA) is 65.1 Å². The van der Waals surface area contributed by atoms with E-state index in [1.807, 2.05) is 60.7 Å². The molecule has 2 aromatic carbocycles. The minimum absolute atomic E-state index is 0.00297. The van der Waals surface area contributed by atoms with Crippen molar-refractivity contribution in [2.45, 2.75) is 31.5 Å². The fourth-order valence-electron chi connectivity index (χ4n) is 3.53. The standard InChI is InChI=1S/C21H21NO5/c23-17-14-26-20-18(25-12-15-7-3-1-4-8-15)11-22(19(17)20)21(24)27-13-16-9-5-2-6-10-16/h1-10,18-20H,11-14H2/t18-,19-,20?/m1/s1. The molecule has 1 amide bonds. The normalized spacial score (nSPS) is 24.1. The molecule has 0 aromatic heterocycles. The lowest BCUT2D eigenvalue weighted by molar-refractivity contribution is -0.121. The molecular weight excluding hydrogens is 346 g/mol. The Morgan fingerprint density at radius 3 is 2.30 bits per heavy atom. The molecule has 140 valence electrons. The fraction of sp³-hybridized carbons (Fsp3) is 0.333. The molecule has 0 spiro atoms. The summed E-state index contributed by atoms with van der Waals surface area (Å²) in [6, 6.07) is 18.6. The number of carbonyl (C=O) groups excluding carboxylic acids is 2. The summed E-state index contributed by atoms with van der Waals surface area (Å²) < 4.78 is 17.0. The highest BCUT2D eigenvalue weighted by Gasteiger charge is 2.53. The molecule has 2 aliphatic heterocycles. The van der Waals surface area contributed by atoms with Crippen molar-refractivity contribution in [2.75, 3.05) is 13.2 Å². The average Bonchev–Trinajstić information content (AvgIpc) is 3.27. The zero-order valence-corrected chi connectivity index (χ0v) is 14.8. The third-order valence-electron chi connectivity index (χ3n) is 4.88. The van der Waals surface area contributed by atoms with E-state index in [2.05, 4.69) is 0 Å². The van der Waals surface area contributed by atoms with Gasteiger partial charge in [0.1, 0.15) is 31.5 Å². The molecule has 2 aliphatic rings. The molecule has 0 N–H and O–H groups in total. The third-order valence-corrected chi connectivity index (χ3v) is 4.88. The summed E-state index contributed by atoms with van der Waals surface area (Å²) in [5.41, 5.74) is 1.93. The van der Waals surface area contributed by atoms with Gasteiger partial charge in [-0.2, -0.15) is 0 Å². The summed E-state index contributed by atoms with van der Waals surface area (Å²) in [7, 11) is 0. The van der Waals surface area contributed by atoms with E-state index < -0.39 is 18.2 Å². The van der Waals surface area contributed by atoms with E-state index in [-0.39, 0.29) is 31.6 Å². The number of benzene rings is 2. The Hall–Kier alpha value is -2.70. The van der Waals surface area contributed by atoms with Crippen molar-refractivity contribution in [2.24, 2.45) is 0 Å². The van der Waals surface area contributed by atoms with E-state index >= 15 is 0 Å². The lowest BCUT2D eigenvalue weighted by Crippen LogP contribution is -2.42. The predicted octanol–water partition coefficient (Wildman–Crippen LogP) is 2.56. The average molecular weight is 367 g/mol. The second-order valence-corrected chi connectivity index (χ2v) is 6.71. The molecule has 27 heavy (non-hydrogen) atoms. The van der Waals surface area contributed by atoms with Crippen molar-refractivity contribution in [1.29, 1.82) is 0 Å². The van der Waals surface area contributed by atoms with Crippen LogP contribution in [0.4, 0.5) is 4.79 Å². The molecule has 0 bridgehead atoms. The van der Waals surface area contributed by atoms with E-state index in [0.717, 1.165) is 11.1 Å². The Bertz CT molecular complexity index is 795. The van der Waals surface area contributed by atoms with Gasteiger partial charge >= 0.3 is 6.09 Å². The monoisotopic (exact) mass is 367 g/mol. The molecule has 0 aliphatic carbocycles. The number of fused-ring (bicyclic) bond motifs is 1. The largest absolute Gasteiger partial charge is 0.445 e. The quantitative estimate of drug-likeness (QED) is 0.813. The first kappa shape index (κ1) is 17.7. The van der Waals surface area contributed by atoms with Crippen LogP contribution in [0, 0.1) is 0 Å². The SMILES string of the molecule is O=C1COC2[C@@H]1N(C(=O)OCc1ccccc1)C[C@H]2OCc1ccccc1. The number of Topliss-reactive ketones (excluding diaryl/α,β-unsaturated/α-hetero) is 1. The van der Waals surface area contributed by atoms with Crippen LogP contribution in [0.5, 0.6) is 0 Å². The van der Waals surface area contributed by atoms with Gasteiger partial charge in [-0.25, -0.2) is 4.79 Å². The number of likely N-dealkylation sites (tertiary alicyclic amines) is 1. The maximum Gasteiger partial charge on any atom is 0.410 e. The summed E-state index contributed by atoms with van der Waals surface area (Å²) >= 11 is 0. The fourth-order valence-corrected chi connectivity index (χ4v) is 3.53. The van der Waals surface area contributed by atoms with Gasteiger partial charge in [0.25, 0.3) is 0 Å². The van der Waals surface area contributed by atoms with Crippen LogP contribution in [0.2, 0.25) is 0 Å². The third kappa shape index (κ3) is 3.86. The molecule has 2 saturated heterocycles. The van der Waals surface area contributed by atoms with Gasteiger partial charge in [-0.1, -0.05) is 60.7 Å². The molecule has 0 saturated carbocycles. The first-order valence-electron chi connectivity index (χ1n) is 8.99. The Balaban J connectivity index is 1.40. The zero-order chi connectivity index (χ0) is 18.6. The number of amides is 1. The minimum atomic E-state index is -0.631. The summed E-state index contributed by atoms with van der Waals surface area (Å²) in [5, 5.41) is 0. The lowest BCUT2D eigenvalue weighted by Gasteiger charge is -2.20. The van der Waals surface area contributed by atoms with Crippen LogP contribution in [0.1, 0.15) is 11.1 Å². The first-order valence-corrected chi connectivity index (χ1v) is 8.99. The molecule has 2 heterocycles. The highest BCUT2D eigenvalue weighted by atomic mass is 16.6. The van der Waals surface area contributed by atoms with Crippen molar-refractivity contribution in [3.8, 4) is 0 Å². The molecule has 2 aromatic rings. The number of hydrogen-bond donors (Lipinski definition) is 0. The van der Waals surface area contributed by atoms with Gasteiger partial charge in [-0.3, -0.25) is 9.69 Å². The van der Waals surface area contributed by atoms with Crippen LogP contribution in [-0.4, -0.2) is 48.2 Å². The second-order valence-electron chi connectivity index (χ2n) is 6.71. The number of ketones is 1. The van der Waals surface area contributed by atoms with Crippen LogP contribution in [0.3, 0.4) is 0 Å². The summed E-state index contributed by atoms with van der Waals surface area (Å²) in [6.45, 7) is 0.849. The van der Waals surface area contributed by atoms with Crippen LogP contribution in [0.15, 0.2) is 60.7 Å². The van der Waals surface area contributed by atoms with Gasteiger partial charge in [0.15, 0.2) is 5.78 Å². The molecule has 2 fully saturated rings. The Kier molecular flexibility index (Phi) is 5.18. The van der Waals surface area contributed by atoms with Gasteiger partial charge in [-0.05, 0) is 11.1 Å². The van der Waals surface area contributed by atoms with Gasteiger partial charge in [0.2, 0.25) is 0 Å². The highest BCUT2D eigenvalue weighted by molar-refractivity contribution is 5.91. The van der Waals surface area contributed by atoms with E-state index in [0.29, 0.717) is 6.61 Å². The van der Waals surface area contributed by atoms with Crippen molar-refractivity contribution in [3.05, 3.63) is 71.8 Å². The molecule has 6 heteroatoms.